The molecule has 1 aromatic heterocycles. The average molecular weight is 322 g/mol. The molecule has 2 heterocycles. The Morgan fingerprint density at radius 2 is 2.09 bits per heavy atom. The smallest absolute Gasteiger partial charge is 0.289 e. The highest BCUT2D eigenvalue weighted by Crippen LogP contribution is 2.26. The molecule has 0 saturated carbocycles. The SMILES string of the molecule is Cc1nc(CC(C)C)oc1C(=O)NC[C@H]1CCCO[C@H]1C(C)C. The third-order valence-electron chi connectivity index (χ3n) is 4.31. The minimum Gasteiger partial charge on any atom is -0.435 e. The van der Waals surface area contributed by atoms with Crippen LogP contribution in [0.4, 0.5) is 0 Å². The van der Waals surface area contributed by atoms with Crippen molar-refractivity contribution in [2.45, 2.75) is 60.0 Å². The lowest BCUT2D eigenvalue weighted by Crippen LogP contribution is -2.41. The van der Waals surface area contributed by atoms with Gasteiger partial charge in [0, 0.05) is 25.5 Å². The van der Waals surface area contributed by atoms with Gasteiger partial charge < -0.3 is 14.5 Å². The van der Waals surface area contributed by atoms with Crippen LogP contribution in [-0.2, 0) is 11.2 Å². The zero-order valence-electron chi connectivity index (χ0n) is 15.0. The Morgan fingerprint density at radius 3 is 2.74 bits per heavy atom. The lowest BCUT2D eigenvalue weighted by Gasteiger charge is -2.34. The maximum absolute atomic E-state index is 12.4. The van der Waals surface area contributed by atoms with Crippen LogP contribution in [0.15, 0.2) is 4.42 Å². The molecule has 5 nitrogen and oxygen atoms in total. The predicted molar refractivity (Wildman–Crippen MR) is 89.4 cm³/mol. The van der Waals surface area contributed by atoms with Crippen LogP contribution in [0.3, 0.4) is 0 Å². The molecule has 0 radical (unpaired) electrons. The molecule has 1 N–H and O–H groups in total. The topological polar surface area (TPSA) is 64.4 Å². The molecular weight excluding hydrogens is 292 g/mol. The van der Waals surface area contributed by atoms with E-state index >= 15 is 0 Å². The Hall–Kier alpha value is -1.36. The molecule has 0 aromatic carbocycles. The fraction of sp³-hybridized carbons (Fsp3) is 0.778. The minimum absolute atomic E-state index is 0.168. The number of hydrogen-bond acceptors (Lipinski definition) is 4. The molecule has 130 valence electrons. The molecule has 23 heavy (non-hydrogen) atoms. The van der Waals surface area contributed by atoms with Gasteiger partial charge in [-0.05, 0) is 31.6 Å². The van der Waals surface area contributed by atoms with E-state index in [-0.39, 0.29) is 12.0 Å². The summed E-state index contributed by atoms with van der Waals surface area (Å²) in [5.74, 6) is 2.10. The first-order chi connectivity index (χ1) is 10.9. The van der Waals surface area contributed by atoms with E-state index in [0.29, 0.717) is 41.6 Å². The van der Waals surface area contributed by atoms with Crippen molar-refractivity contribution in [2.75, 3.05) is 13.2 Å². The van der Waals surface area contributed by atoms with Crippen LogP contribution in [0, 0.1) is 24.7 Å². The van der Waals surface area contributed by atoms with Gasteiger partial charge in [0.05, 0.1) is 11.8 Å². The van der Waals surface area contributed by atoms with Crippen LogP contribution in [0.2, 0.25) is 0 Å². The zero-order valence-corrected chi connectivity index (χ0v) is 15.0. The van der Waals surface area contributed by atoms with Crippen LogP contribution in [-0.4, -0.2) is 30.1 Å². The normalized spacial score (nSPS) is 21.9. The number of carbonyl (C=O) groups excluding carboxylic acids is 1. The molecule has 5 heteroatoms. The highest BCUT2D eigenvalue weighted by atomic mass is 16.5. The van der Waals surface area contributed by atoms with E-state index in [0.717, 1.165) is 25.9 Å². The fourth-order valence-corrected chi connectivity index (χ4v) is 3.22. The van der Waals surface area contributed by atoms with Crippen LogP contribution < -0.4 is 5.32 Å². The maximum Gasteiger partial charge on any atom is 0.289 e. The number of carbonyl (C=O) groups is 1. The number of aromatic nitrogens is 1. The van der Waals surface area contributed by atoms with Crippen molar-refractivity contribution in [1.82, 2.24) is 10.3 Å². The minimum atomic E-state index is -0.168. The number of aryl methyl sites for hydroxylation is 1. The zero-order chi connectivity index (χ0) is 17.0. The Bertz CT molecular complexity index is 522. The van der Waals surface area contributed by atoms with Gasteiger partial charge in [-0.1, -0.05) is 27.7 Å². The molecule has 0 bridgehead atoms. The van der Waals surface area contributed by atoms with Gasteiger partial charge in [0.15, 0.2) is 5.89 Å². The summed E-state index contributed by atoms with van der Waals surface area (Å²) in [5, 5.41) is 3.01. The van der Waals surface area contributed by atoms with Gasteiger partial charge in [-0.3, -0.25) is 4.79 Å². The van der Waals surface area contributed by atoms with Crippen LogP contribution in [0.5, 0.6) is 0 Å². The molecule has 0 spiro atoms. The molecule has 2 atom stereocenters. The number of hydrogen-bond donors (Lipinski definition) is 1. The largest absolute Gasteiger partial charge is 0.435 e. The van der Waals surface area contributed by atoms with Gasteiger partial charge in [-0.2, -0.15) is 0 Å². The predicted octanol–water partition coefficient (Wildman–Crippen LogP) is 3.36. The molecule has 1 amide bonds. The molecule has 1 aliphatic heterocycles. The van der Waals surface area contributed by atoms with Gasteiger partial charge in [-0.25, -0.2) is 4.98 Å². The Kier molecular flexibility index (Phi) is 6.22. The van der Waals surface area contributed by atoms with Crippen LogP contribution in [0.1, 0.15) is 62.7 Å². The maximum atomic E-state index is 12.4. The Labute approximate surface area is 139 Å². The van der Waals surface area contributed by atoms with Crippen molar-refractivity contribution in [3.05, 3.63) is 17.3 Å². The number of nitrogens with one attached hydrogen (secondary N) is 1. The monoisotopic (exact) mass is 322 g/mol. The van der Waals surface area contributed by atoms with E-state index in [2.05, 4.69) is 38.0 Å². The first kappa shape index (κ1) is 18.0. The van der Waals surface area contributed by atoms with Crippen molar-refractivity contribution in [3.8, 4) is 0 Å². The van der Waals surface area contributed by atoms with Crippen molar-refractivity contribution in [2.24, 2.45) is 17.8 Å². The summed E-state index contributed by atoms with van der Waals surface area (Å²) in [6.45, 7) is 11.8. The molecule has 0 aliphatic carbocycles. The number of ether oxygens (including phenoxy) is 1. The second kappa shape index (κ2) is 7.95. The van der Waals surface area contributed by atoms with E-state index < -0.39 is 0 Å². The van der Waals surface area contributed by atoms with E-state index in [1.165, 1.54) is 0 Å². The second-order valence-corrected chi connectivity index (χ2v) is 7.31. The van der Waals surface area contributed by atoms with Gasteiger partial charge in [0.2, 0.25) is 5.76 Å². The van der Waals surface area contributed by atoms with Crippen LogP contribution >= 0.6 is 0 Å². The standard InChI is InChI=1S/C18H30N2O3/c1-11(2)9-15-20-13(5)17(23-15)18(21)19-10-14-7-6-8-22-16(14)12(3)4/h11-12,14,16H,6-10H2,1-5H3,(H,19,21)/t14-,16+/m1/s1. The Balaban J connectivity index is 1.95. The van der Waals surface area contributed by atoms with Gasteiger partial charge in [0.25, 0.3) is 5.91 Å². The third kappa shape index (κ3) is 4.80. The Morgan fingerprint density at radius 1 is 1.35 bits per heavy atom. The van der Waals surface area contributed by atoms with Crippen molar-refractivity contribution in [1.29, 1.82) is 0 Å². The molecule has 1 aromatic rings. The molecule has 2 rings (SSSR count). The van der Waals surface area contributed by atoms with E-state index in [1.807, 2.05) is 6.92 Å². The summed E-state index contributed by atoms with van der Waals surface area (Å²) < 4.78 is 11.5. The first-order valence-corrected chi connectivity index (χ1v) is 8.74. The van der Waals surface area contributed by atoms with Gasteiger partial charge in [-0.15, -0.1) is 0 Å². The average Bonchev–Trinajstić information content (AvgIpc) is 2.84. The van der Waals surface area contributed by atoms with Gasteiger partial charge in [0.1, 0.15) is 0 Å². The number of nitrogens with zero attached hydrogens (tertiary/aromatic N) is 1. The fourth-order valence-electron chi connectivity index (χ4n) is 3.22. The highest BCUT2D eigenvalue weighted by Gasteiger charge is 2.29. The molecule has 1 aliphatic rings. The molecular formula is C18H30N2O3. The second-order valence-electron chi connectivity index (χ2n) is 7.31. The summed E-state index contributed by atoms with van der Waals surface area (Å²) in [5.41, 5.74) is 0.665. The lowest BCUT2D eigenvalue weighted by molar-refractivity contribution is -0.0510. The van der Waals surface area contributed by atoms with Crippen LogP contribution in [0.25, 0.3) is 0 Å². The quantitative estimate of drug-likeness (QED) is 0.872. The van der Waals surface area contributed by atoms with Crippen molar-refractivity contribution in [3.63, 3.8) is 0 Å². The summed E-state index contributed by atoms with van der Waals surface area (Å²) in [6.07, 6.45) is 3.12. The number of amides is 1. The van der Waals surface area contributed by atoms with Gasteiger partial charge >= 0.3 is 0 Å². The molecule has 1 fully saturated rings. The van der Waals surface area contributed by atoms with E-state index in [9.17, 15) is 4.79 Å². The highest BCUT2D eigenvalue weighted by molar-refractivity contribution is 5.92. The molecule has 1 saturated heterocycles. The van der Waals surface area contributed by atoms with Crippen molar-refractivity contribution >= 4 is 5.91 Å². The first-order valence-electron chi connectivity index (χ1n) is 8.74. The summed E-state index contributed by atoms with van der Waals surface area (Å²) in [7, 11) is 0. The summed E-state index contributed by atoms with van der Waals surface area (Å²) >= 11 is 0. The van der Waals surface area contributed by atoms with E-state index in [1.54, 1.807) is 0 Å². The third-order valence-corrected chi connectivity index (χ3v) is 4.31. The summed E-state index contributed by atoms with van der Waals surface area (Å²) in [6, 6.07) is 0. The number of rotatable bonds is 6. The number of oxazole rings is 1. The van der Waals surface area contributed by atoms with E-state index in [4.69, 9.17) is 9.15 Å². The van der Waals surface area contributed by atoms with Crippen molar-refractivity contribution < 1.29 is 13.9 Å². The molecule has 0 unspecified atom stereocenters. The lowest BCUT2D eigenvalue weighted by atomic mass is 9.87. The summed E-state index contributed by atoms with van der Waals surface area (Å²) in [4.78, 5) is 16.8.